The number of aromatic nitrogens is 9. The number of pyridine rings is 3. The lowest BCUT2D eigenvalue weighted by Gasteiger charge is -2.19. The van der Waals surface area contributed by atoms with E-state index < -0.39 is 0 Å². The summed E-state index contributed by atoms with van der Waals surface area (Å²) >= 11 is 0. The molecule has 6 aromatic rings. The first kappa shape index (κ1) is 51.6. The van der Waals surface area contributed by atoms with Crippen molar-refractivity contribution in [3.63, 3.8) is 0 Å². The minimum Gasteiger partial charge on any atom is -0.496 e. The molecule has 1 saturated carbocycles. The van der Waals surface area contributed by atoms with Crippen LogP contribution in [0.1, 0.15) is 62.5 Å². The van der Waals surface area contributed by atoms with Gasteiger partial charge in [-0.25, -0.2) is 15.0 Å². The molecule has 70 heavy (non-hydrogen) atoms. The molecule has 4 fully saturated rings. The van der Waals surface area contributed by atoms with E-state index in [0.29, 0.717) is 35.6 Å². The molecule has 0 spiro atoms. The van der Waals surface area contributed by atoms with Gasteiger partial charge in [0, 0.05) is 90.5 Å². The number of ether oxygens (including phenoxy) is 1. The van der Waals surface area contributed by atoms with Crippen molar-refractivity contribution in [3.05, 3.63) is 40.7 Å². The van der Waals surface area contributed by atoms with Gasteiger partial charge in [-0.1, -0.05) is 13.8 Å². The summed E-state index contributed by atoms with van der Waals surface area (Å²) in [7, 11) is 15.8. The first-order chi connectivity index (χ1) is 33.6. The Morgan fingerprint density at radius 3 is 1.67 bits per heavy atom. The topological polar surface area (TPSA) is 210 Å². The van der Waals surface area contributed by atoms with Crippen LogP contribution in [0.5, 0.6) is 5.75 Å². The fraction of sp³-hybridized carbons (Fsp3) is 0.580. The second-order valence-corrected chi connectivity index (χ2v) is 19.2. The molecule has 20 heteroatoms. The van der Waals surface area contributed by atoms with Gasteiger partial charge in [0.25, 0.3) is 0 Å². The zero-order valence-electron chi connectivity index (χ0n) is 44.3. The lowest BCUT2D eigenvalue weighted by molar-refractivity contribution is 0.368. The largest absolute Gasteiger partial charge is 0.496 e. The fourth-order valence-electron chi connectivity index (χ4n) is 9.85. The molecular weight excluding hydrogens is 883 g/mol. The van der Waals surface area contributed by atoms with Crippen LogP contribution in [-0.2, 0) is 0 Å². The fourth-order valence-corrected chi connectivity index (χ4v) is 9.85. The number of piperidine rings is 1. The lowest BCUT2D eigenvalue weighted by Crippen LogP contribution is -2.31. The monoisotopic (exact) mass is 960 g/mol. The SMILES string of the molecule is CC.CCNc1nc(NC23CC2CN(C)C3)nc2nc(C)cc(C)c12.CNc1nc(NC2CCN(C)C2)nc2nc(C)cc(OC)c12.CNc1nc(NC2CCN(C)C2)nc2nc(N(C)C)cc(C)c12. The summed E-state index contributed by atoms with van der Waals surface area (Å²) in [4.78, 5) is 50.7. The van der Waals surface area contributed by atoms with Crippen LogP contribution in [0.3, 0.4) is 0 Å². The van der Waals surface area contributed by atoms with Gasteiger partial charge in [0.2, 0.25) is 17.8 Å². The average molecular weight is 960 g/mol. The number of aryl methyl sites for hydroxylation is 4. The van der Waals surface area contributed by atoms with Crippen LogP contribution in [0, 0.1) is 33.6 Å². The average Bonchev–Trinajstić information content (AvgIpc) is 3.58. The molecule has 20 nitrogen and oxygen atoms in total. The molecule has 0 radical (unpaired) electrons. The Balaban J connectivity index is 0.000000152. The maximum atomic E-state index is 5.45. The summed E-state index contributed by atoms with van der Waals surface area (Å²) in [6.07, 6.45) is 3.42. The Bertz CT molecular complexity index is 2770. The van der Waals surface area contributed by atoms with E-state index in [1.807, 2.05) is 66.9 Å². The van der Waals surface area contributed by atoms with E-state index in [0.717, 1.165) is 144 Å². The van der Waals surface area contributed by atoms with Crippen molar-refractivity contribution >= 4 is 74.2 Å². The third-order valence-corrected chi connectivity index (χ3v) is 13.2. The van der Waals surface area contributed by atoms with E-state index in [-0.39, 0.29) is 5.54 Å². The summed E-state index contributed by atoms with van der Waals surface area (Å²) in [5.41, 5.74) is 6.46. The van der Waals surface area contributed by atoms with Gasteiger partial charge in [0.15, 0.2) is 16.9 Å². The molecule has 378 valence electrons. The summed E-state index contributed by atoms with van der Waals surface area (Å²) in [6, 6.07) is 6.80. The van der Waals surface area contributed by atoms with E-state index in [1.54, 1.807) is 7.11 Å². The van der Waals surface area contributed by atoms with Gasteiger partial charge in [-0.05, 0) is 117 Å². The number of hydrogen-bond donors (Lipinski definition) is 6. The zero-order valence-corrected chi connectivity index (χ0v) is 44.3. The van der Waals surface area contributed by atoms with Crippen molar-refractivity contribution in [1.82, 2.24) is 59.6 Å². The minimum absolute atomic E-state index is 0.171. The smallest absolute Gasteiger partial charge is 0.227 e. The van der Waals surface area contributed by atoms with Crippen LogP contribution in [0.2, 0.25) is 0 Å². The van der Waals surface area contributed by atoms with Crippen molar-refractivity contribution in [2.75, 3.05) is 139 Å². The van der Waals surface area contributed by atoms with Crippen LogP contribution in [0.15, 0.2) is 18.2 Å². The number of likely N-dealkylation sites (tertiary alicyclic amines) is 3. The van der Waals surface area contributed by atoms with Crippen molar-refractivity contribution in [1.29, 1.82) is 0 Å². The number of rotatable bonds is 12. The van der Waals surface area contributed by atoms with Crippen molar-refractivity contribution < 1.29 is 4.74 Å². The van der Waals surface area contributed by atoms with E-state index in [9.17, 15) is 0 Å². The van der Waals surface area contributed by atoms with Crippen LogP contribution in [0.25, 0.3) is 33.1 Å². The van der Waals surface area contributed by atoms with Gasteiger partial charge in [-0.2, -0.15) is 29.9 Å². The highest BCUT2D eigenvalue weighted by molar-refractivity contribution is 5.94. The van der Waals surface area contributed by atoms with Crippen LogP contribution in [0.4, 0.5) is 41.1 Å². The molecule has 0 aromatic carbocycles. The normalized spacial score (nSPS) is 20.6. The number of nitrogens with zero attached hydrogens (tertiary/aromatic N) is 13. The van der Waals surface area contributed by atoms with E-state index >= 15 is 0 Å². The van der Waals surface area contributed by atoms with Gasteiger partial charge in [-0.15, -0.1) is 0 Å². The van der Waals surface area contributed by atoms with Gasteiger partial charge in [0.05, 0.1) is 23.4 Å². The number of hydrogen-bond acceptors (Lipinski definition) is 20. The highest BCUT2D eigenvalue weighted by Crippen LogP contribution is 2.51. The molecule has 6 aromatic heterocycles. The quantitative estimate of drug-likeness (QED) is 0.0798. The summed E-state index contributed by atoms with van der Waals surface area (Å²) < 4.78 is 5.45. The van der Waals surface area contributed by atoms with Crippen molar-refractivity contribution in [2.45, 2.75) is 85.4 Å². The molecule has 1 aliphatic carbocycles. The second-order valence-electron chi connectivity index (χ2n) is 19.2. The number of methoxy groups -OCH3 is 1. The molecule has 3 aliphatic heterocycles. The predicted molar refractivity (Wildman–Crippen MR) is 287 cm³/mol. The summed E-state index contributed by atoms with van der Waals surface area (Å²) in [5.74, 6) is 6.74. The summed E-state index contributed by atoms with van der Waals surface area (Å²) in [5, 5.41) is 22.9. The van der Waals surface area contributed by atoms with Crippen LogP contribution in [-0.4, -0.2) is 179 Å². The van der Waals surface area contributed by atoms with E-state index in [1.165, 1.54) is 6.42 Å². The molecular formula is C50H77N19O. The highest BCUT2D eigenvalue weighted by atomic mass is 16.5. The van der Waals surface area contributed by atoms with E-state index in [2.05, 4.69) is 136 Å². The standard InChI is InChI=1S/C17H24N6.C16H25N7.C15H22N6O.C2H6/c1-5-18-14-13-10(2)6-11(3)19-15(13)21-16(20-14)22-17-7-12(17)8-23(4)9-17;1-10-8-12(22(3)4)19-15-13(10)14(17-2)20-16(21-15)18-11-6-7-23(5)9-11;1-9-7-11(22-4)12-13(16-2)19-15(20-14(12)17-9)18-10-5-6-21(3)8-10;1-2/h6,12H,5,7-9H2,1-4H3,(H2,18,19,20,21,22);8,11H,6-7,9H2,1-5H3,(H2,17,18,19,20,21);7,10H,5-6,8H2,1-4H3,(H2,16,17,18,19,20);1-2H3. The third-order valence-electron chi connectivity index (χ3n) is 13.2. The Morgan fingerprint density at radius 1 is 0.643 bits per heavy atom. The third kappa shape index (κ3) is 11.7. The number of anilines is 7. The Kier molecular flexibility index (Phi) is 16.4. The first-order valence-electron chi connectivity index (χ1n) is 24.8. The maximum Gasteiger partial charge on any atom is 0.227 e. The molecule has 10 rings (SSSR count). The van der Waals surface area contributed by atoms with Gasteiger partial charge >= 0.3 is 0 Å². The molecule has 3 saturated heterocycles. The second kappa shape index (κ2) is 22.2. The van der Waals surface area contributed by atoms with Crippen LogP contribution < -0.4 is 41.5 Å². The number of likely N-dealkylation sites (N-methyl/N-ethyl adjacent to an activating group) is 3. The van der Waals surface area contributed by atoms with Crippen molar-refractivity contribution in [2.24, 2.45) is 5.92 Å². The molecule has 4 aliphatic rings. The maximum absolute atomic E-state index is 5.45. The van der Waals surface area contributed by atoms with Crippen LogP contribution >= 0.6 is 0 Å². The molecule has 9 heterocycles. The van der Waals surface area contributed by atoms with Crippen molar-refractivity contribution in [3.8, 4) is 5.75 Å². The molecule has 0 amide bonds. The zero-order chi connectivity index (χ0) is 50.4. The van der Waals surface area contributed by atoms with E-state index in [4.69, 9.17) is 14.7 Å². The molecule has 4 atom stereocenters. The number of fused-ring (bicyclic) bond motifs is 4. The Hall–Kier alpha value is -6.25. The predicted octanol–water partition coefficient (Wildman–Crippen LogP) is 6.27. The molecule has 4 unspecified atom stereocenters. The first-order valence-corrected chi connectivity index (χ1v) is 24.8. The minimum atomic E-state index is 0.171. The Morgan fingerprint density at radius 2 is 1.16 bits per heavy atom. The molecule has 0 bridgehead atoms. The lowest BCUT2D eigenvalue weighted by atomic mass is 10.1. The summed E-state index contributed by atoms with van der Waals surface area (Å²) in [6.45, 7) is 21.5. The van der Waals surface area contributed by atoms with Gasteiger partial charge in [0.1, 0.15) is 34.4 Å². The van der Waals surface area contributed by atoms with Gasteiger partial charge < -0.3 is 56.2 Å². The molecule has 6 N–H and O–H groups in total. The Labute approximate surface area is 414 Å². The number of nitrogens with one attached hydrogen (secondary N) is 6. The van der Waals surface area contributed by atoms with Gasteiger partial charge in [-0.3, -0.25) is 0 Å². The highest BCUT2D eigenvalue weighted by Gasteiger charge is 2.59.